The molecular weight excluding hydrogens is 414 g/mol. The Hall–Kier alpha value is -3.67. The molecule has 4 rings (SSSR count). The SMILES string of the molecule is CCN(C(=O)c1oc2c(c1C)/C(=N/NC(=O)c1ccccc1C)CCC2)c1cccc(C)c1. The number of hydrazone groups is 1. The topological polar surface area (TPSA) is 74.9 Å². The number of aryl methyl sites for hydroxylation is 3. The van der Waals surface area contributed by atoms with Crippen molar-refractivity contribution < 1.29 is 14.0 Å². The highest BCUT2D eigenvalue weighted by Crippen LogP contribution is 2.31. The molecule has 6 heteroatoms. The number of benzene rings is 2. The molecule has 0 spiro atoms. The Balaban J connectivity index is 1.63. The van der Waals surface area contributed by atoms with Gasteiger partial charge in [0.05, 0.1) is 5.71 Å². The van der Waals surface area contributed by atoms with E-state index < -0.39 is 0 Å². The van der Waals surface area contributed by atoms with Crippen LogP contribution >= 0.6 is 0 Å². The molecule has 0 aliphatic heterocycles. The van der Waals surface area contributed by atoms with Gasteiger partial charge >= 0.3 is 0 Å². The zero-order valence-corrected chi connectivity index (χ0v) is 19.6. The van der Waals surface area contributed by atoms with Crippen LogP contribution in [0, 0.1) is 20.8 Å². The van der Waals surface area contributed by atoms with Gasteiger partial charge in [0, 0.05) is 35.3 Å². The number of nitrogens with one attached hydrogen (secondary N) is 1. The van der Waals surface area contributed by atoms with Crippen LogP contribution in [-0.2, 0) is 6.42 Å². The standard InChI is InChI=1S/C27H29N3O3/c1-5-30(20-12-8-10-17(2)16-20)27(32)25-19(4)24-22(14-9-15-23(24)33-25)28-29-26(31)21-13-7-6-11-18(21)3/h6-8,10-13,16H,5,9,14-15H2,1-4H3,(H,29,31)/b28-22+. The van der Waals surface area contributed by atoms with E-state index in [-0.39, 0.29) is 11.8 Å². The molecule has 0 radical (unpaired) electrons. The predicted octanol–water partition coefficient (Wildman–Crippen LogP) is 5.34. The van der Waals surface area contributed by atoms with Gasteiger partial charge in [0.1, 0.15) is 5.76 Å². The molecule has 1 N–H and O–H groups in total. The summed E-state index contributed by atoms with van der Waals surface area (Å²) >= 11 is 0. The Bertz CT molecular complexity index is 1240. The van der Waals surface area contributed by atoms with Gasteiger partial charge in [-0.3, -0.25) is 9.59 Å². The molecule has 2 amide bonds. The molecule has 3 aromatic rings. The molecule has 0 bridgehead atoms. The van der Waals surface area contributed by atoms with Gasteiger partial charge in [0.25, 0.3) is 11.8 Å². The molecule has 0 saturated carbocycles. The summed E-state index contributed by atoms with van der Waals surface area (Å²) in [7, 11) is 0. The van der Waals surface area contributed by atoms with Gasteiger partial charge < -0.3 is 9.32 Å². The lowest BCUT2D eigenvalue weighted by Crippen LogP contribution is -2.31. The van der Waals surface area contributed by atoms with Crippen molar-refractivity contribution >= 4 is 23.2 Å². The van der Waals surface area contributed by atoms with Crippen molar-refractivity contribution in [2.45, 2.75) is 47.0 Å². The van der Waals surface area contributed by atoms with E-state index in [0.717, 1.165) is 52.3 Å². The molecule has 0 atom stereocenters. The quantitative estimate of drug-likeness (QED) is 0.541. The van der Waals surface area contributed by atoms with Crippen molar-refractivity contribution in [1.82, 2.24) is 5.43 Å². The lowest BCUT2D eigenvalue weighted by molar-refractivity contribution is 0.0949. The molecule has 33 heavy (non-hydrogen) atoms. The van der Waals surface area contributed by atoms with Crippen LogP contribution in [0.4, 0.5) is 5.69 Å². The minimum atomic E-state index is -0.248. The first-order valence-corrected chi connectivity index (χ1v) is 11.3. The van der Waals surface area contributed by atoms with E-state index >= 15 is 0 Å². The summed E-state index contributed by atoms with van der Waals surface area (Å²) in [6, 6.07) is 15.3. The van der Waals surface area contributed by atoms with Gasteiger partial charge in [0.15, 0.2) is 5.76 Å². The van der Waals surface area contributed by atoms with E-state index in [0.29, 0.717) is 24.3 Å². The smallest absolute Gasteiger partial charge is 0.294 e. The van der Waals surface area contributed by atoms with Crippen molar-refractivity contribution in [1.29, 1.82) is 0 Å². The number of carbonyl (C=O) groups is 2. The number of fused-ring (bicyclic) bond motifs is 1. The summed E-state index contributed by atoms with van der Waals surface area (Å²) in [4.78, 5) is 27.8. The first kappa shape index (κ1) is 22.5. The molecule has 6 nitrogen and oxygen atoms in total. The average Bonchev–Trinajstić information content (AvgIpc) is 3.15. The van der Waals surface area contributed by atoms with E-state index in [9.17, 15) is 9.59 Å². The minimum absolute atomic E-state index is 0.168. The summed E-state index contributed by atoms with van der Waals surface area (Å²) in [6.07, 6.45) is 2.30. The molecule has 0 fully saturated rings. The van der Waals surface area contributed by atoms with E-state index in [1.54, 1.807) is 11.0 Å². The number of rotatable bonds is 5. The Kier molecular flexibility index (Phi) is 6.45. The number of nitrogens with zero attached hydrogens (tertiary/aromatic N) is 2. The second-order valence-corrected chi connectivity index (χ2v) is 8.41. The average molecular weight is 444 g/mol. The van der Waals surface area contributed by atoms with Crippen molar-refractivity contribution in [2.75, 3.05) is 11.4 Å². The van der Waals surface area contributed by atoms with Crippen LogP contribution in [0.1, 0.15) is 68.7 Å². The highest BCUT2D eigenvalue weighted by Gasteiger charge is 2.30. The molecular formula is C27H29N3O3. The summed E-state index contributed by atoms with van der Waals surface area (Å²) in [5.41, 5.74) is 8.47. The molecule has 1 aromatic heterocycles. The first-order valence-electron chi connectivity index (χ1n) is 11.3. The van der Waals surface area contributed by atoms with E-state index in [2.05, 4.69) is 10.5 Å². The number of amides is 2. The van der Waals surface area contributed by atoms with Gasteiger partial charge in [-0.15, -0.1) is 0 Å². The van der Waals surface area contributed by atoms with Crippen LogP contribution in [0.25, 0.3) is 0 Å². The minimum Gasteiger partial charge on any atom is -0.455 e. The van der Waals surface area contributed by atoms with E-state index in [4.69, 9.17) is 4.42 Å². The zero-order valence-electron chi connectivity index (χ0n) is 19.6. The fraction of sp³-hybridized carbons (Fsp3) is 0.296. The summed E-state index contributed by atoms with van der Waals surface area (Å²) in [6.45, 7) is 8.27. The van der Waals surface area contributed by atoms with Crippen LogP contribution in [0.15, 0.2) is 58.0 Å². The van der Waals surface area contributed by atoms with Crippen LogP contribution in [-0.4, -0.2) is 24.1 Å². The fourth-order valence-electron chi connectivity index (χ4n) is 4.35. The van der Waals surface area contributed by atoms with Gasteiger partial charge in [-0.25, -0.2) is 5.43 Å². The highest BCUT2D eigenvalue weighted by atomic mass is 16.4. The van der Waals surface area contributed by atoms with Gasteiger partial charge in [-0.05, 0) is 69.9 Å². The second kappa shape index (κ2) is 9.45. The van der Waals surface area contributed by atoms with Crippen LogP contribution in [0.2, 0.25) is 0 Å². The van der Waals surface area contributed by atoms with Gasteiger partial charge in [-0.2, -0.15) is 5.10 Å². The Morgan fingerprint density at radius 2 is 1.85 bits per heavy atom. The predicted molar refractivity (Wildman–Crippen MR) is 130 cm³/mol. The lowest BCUT2D eigenvalue weighted by atomic mass is 9.93. The highest BCUT2D eigenvalue weighted by molar-refractivity contribution is 6.10. The molecule has 170 valence electrons. The normalized spacial score (nSPS) is 14.1. The van der Waals surface area contributed by atoms with Crippen LogP contribution < -0.4 is 10.3 Å². The third-order valence-corrected chi connectivity index (χ3v) is 6.08. The number of furan rings is 1. The molecule has 1 aliphatic rings. The van der Waals surface area contributed by atoms with E-state index in [1.165, 1.54) is 0 Å². The molecule has 0 unspecified atom stereocenters. The lowest BCUT2D eigenvalue weighted by Gasteiger charge is -2.20. The monoisotopic (exact) mass is 443 g/mol. The van der Waals surface area contributed by atoms with Crippen molar-refractivity contribution in [2.24, 2.45) is 5.10 Å². The zero-order chi connectivity index (χ0) is 23.5. The largest absolute Gasteiger partial charge is 0.455 e. The first-order chi connectivity index (χ1) is 15.9. The Labute approximate surface area is 194 Å². The van der Waals surface area contributed by atoms with Gasteiger partial charge in [0.2, 0.25) is 0 Å². The number of hydrogen-bond acceptors (Lipinski definition) is 4. The van der Waals surface area contributed by atoms with Crippen molar-refractivity contribution in [3.63, 3.8) is 0 Å². The third kappa shape index (κ3) is 4.46. The van der Waals surface area contributed by atoms with Crippen LogP contribution in [0.5, 0.6) is 0 Å². The van der Waals surface area contributed by atoms with Crippen LogP contribution in [0.3, 0.4) is 0 Å². The molecule has 2 aromatic carbocycles. The third-order valence-electron chi connectivity index (χ3n) is 6.08. The molecule has 0 saturated heterocycles. The molecule has 1 heterocycles. The van der Waals surface area contributed by atoms with Gasteiger partial charge in [-0.1, -0.05) is 30.3 Å². The summed E-state index contributed by atoms with van der Waals surface area (Å²) in [5, 5.41) is 4.44. The second-order valence-electron chi connectivity index (χ2n) is 8.41. The maximum Gasteiger partial charge on any atom is 0.294 e. The fourth-order valence-corrected chi connectivity index (χ4v) is 4.35. The van der Waals surface area contributed by atoms with E-state index in [1.807, 2.05) is 70.2 Å². The maximum atomic E-state index is 13.4. The number of carbonyl (C=O) groups excluding carboxylic acids is 2. The summed E-state index contributed by atoms with van der Waals surface area (Å²) < 4.78 is 6.09. The number of anilines is 1. The summed E-state index contributed by atoms with van der Waals surface area (Å²) in [5.74, 6) is 0.676. The Morgan fingerprint density at radius 1 is 1.06 bits per heavy atom. The maximum absolute atomic E-state index is 13.4. The molecule has 1 aliphatic carbocycles. The number of hydrogen-bond donors (Lipinski definition) is 1. The Morgan fingerprint density at radius 3 is 2.58 bits per heavy atom. The van der Waals surface area contributed by atoms with Crippen molar-refractivity contribution in [3.05, 3.63) is 87.9 Å². The van der Waals surface area contributed by atoms with Crippen molar-refractivity contribution in [3.8, 4) is 0 Å².